The number of hydrogen-bond acceptors (Lipinski definition) is 6. The van der Waals surface area contributed by atoms with Crippen LogP contribution in [0.5, 0.6) is 0 Å². The van der Waals surface area contributed by atoms with Crippen LogP contribution in [0.3, 0.4) is 0 Å². The summed E-state index contributed by atoms with van der Waals surface area (Å²) in [5, 5.41) is 4.23. The minimum absolute atomic E-state index is 0.0512. The van der Waals surface area contributed by atoms with Gasteiger partial charge < -0.3 is 20.1 Å². The Morgan fingerprint density at radius 2 is 2.00 bits per heavy atom. The molecule has 9 heteroatoms. The minimum Gasteiger partial charge on any atom is -0.467 e. The fourth-order valence-electron chi connectivity index (χ4n) is 2.70. The SMILES string of the molecule is COC(=O)C1CN(C(=O)c2cc(C(N)=O)n(-c3ccccc3)n2)CCO1. The van der Waals surface area contributed by atoms with E-state index in [1.165, 1.54) is 22.8 Å². The van der Waals surface area contributed by atoms with Crippen LogP contribution in [-0.4, -0.2) is 65.4 Å². The average molecular weight is 358 g/mol. The van der Waals surface area contributed by atoms with E-state index < -0.39 is 23.9 Å². The molecule has 2 aromatic rings. The van der Waals surface area contributed by atoms with Gasteiger partial charge in [0.15, 0.2) is 11.8 Å². The molecule has 9 nitrogen and oxygen atoms in total. The van der Waals surface area contributed by atoms with Crippen LogP contribution in [0.4, 0.5) is 0 Å². The molecule has 0 spiro atoms. The van der Waals surface area contributed by atoms with E-state index in [4.69, 9.17) is 10.5 Å². The predicted octanol–water partition coefficient (Wildman–Crippen LogP) is -0.0148. The molecular formula is C17H18N4O5. The van der Waals surface area contributed by atoms with E-state index in [1.54, 1.807) is 24.3 Å². The second-order valence-electron chi connectivity index (χ2n) is 5.66. The van der Waals surface area contributed by atoms with E-state index >= 15 is 0 Å². The van der Waals surface area contributed by atoms with Crippen molar-refractivity contribution in [3.05, 3.63) is 47.8 Å². The number of rotatable bonds is 4. The molecule has 1 saturated heterocycles. The van der Waals surface area contributed by atoms with Gasteiger partial charge in [0.25, 0.3) is 11.8 Å². The Hall–Kier alpha value is -3.20. The number of primary amides is 1. The quantitative estimate of drug-likeness (QED) is 0.768. The summed E-state index contributed by atoms with van der Waals surface area (Å²) in [5.41, 5.74) is 6.18. The highest BCUT2D eigenvalue weighted by Gasteiger charge is 2.32. The van der Waals surface area contributed by atoms with Crippen LogP contribution < -0.4 is 5.73 Å². The Morgan fingerprint density at radius 1 is 1.27 bits per heavy atom. The van der Waals surface area contributed by atoms with E-state index in [2.05, 4.69) is 9.84 Å². The Kier molecular flexibility index (Phi) is 4.99. The lowest BCUT2D eigenvalue weighted by Crippen LogP contribution is -2.49. The molecular weight excluding hydrogens is 340 g/mol. The lowest BCUT2D eigenvalue weighted by atomic mass is 10.2. The number of amides is 2. The number of aromatic nitrogens is 2. The molecule has 0 radical (unpaired) electrons. The highest BCUT2D eigenvalue weighted by molar-refractivity contribution is 5.98. The molecule has 1 aliphatic rings. The van der Waals surface area contributed by atoms with Gasteiger partial charge in [-0.05, 0) is 12.1 Å². The van der Waals surface area contributed by atoms with Gasteiger partial charge in [0.2, 0.25) is 0 Å². The Labute approximate surface area is 149 Å². The second-order valence-corrected chi connectivity index (χ2v) is 5.66. The van der Waals surface area contributed by atoms with Crippen molar-refractivity contribution in [1.82, 2.24) is 14.7 Å². The number of methoxy groups -OCH3 is 1. The lowest BCUT2D eigenvalue weighted by molar-refractivity contribution is -0.158. The second kappa shape index (κ2) is 7.36. The molecule has 1 aliphatic heterocycles. The van der Waals surface area contributed by atoms with Crippen LogP contribution in [0.15, 0.2) is 36.4 Å². The van der Waals surface area contributed by atoms with Gasteiger partial charge in [-0.1, -0.05) is 18.2 Å². The van der Waals surface area contributed by atoms with Gasteiger partial charge in [0, 0.05) is 12.6 Å². The number of carbonyl (C=O) groups excluding carboxylic acids is 3. The number of benzene rings is 1. The third-order valence-corrected chi connectivity index (χ3v) is 4.00. The van der Waals surface area contributed by atoms with Crippen molar-refractivity contribution in [2.75, 3.05) is 26.8 Å². The molecule has 0 saturated carbocycles. The van der Waals surface area contributed by atoms with Crippen LogP contribution in [0, 0.1) is 0 Å². The topological polar surface area (TPSA) is 117 Å². The number of nitrogens with two attached hydrogens (primary N) is 1. The standard InChI is InChI=1S/C17H18N4O5/c1-25-17(24)14-10-20(7-8-26-14)16(23)12-9-13(15(18)22)21(19-12)11-5-3-2-4-6-11/h2-6,9,14H,7-8,10H2,1H3,(H2,18,22). The summed E-state index contributed by atoms with van der Waals surface area (Å²) >= 11 is 0. The maximum absolute atomic E-state index is 12.8. The summed E-state index contributed by atoms with van der Waals surface area (Å²) in [7, 11) is 1.26. The number of esters is 1. The predicted molar refractivity (Wildman–Crippen MR) is 89.7 cm³/mol. The zero-order valence-corrected chi connectivity index (χ0v) is 14.1. The molecule has 2 N–H and O–H groups in total. The highest BCUT2D eigenvalue weighted by Crippen LogP contribution is 2.16. The fourth-order valence-corrected chi connectivity index (χ4v) is 2.70. The number of para-hydroxylation sites is 1. The van der Waals surface area contributed by atoms with Crippen molar-refractivity contribution < 1.29 is 23.9 Å². The first-order chi connectivity index (χ1) is 12.5. The van der Waals surface area contributed by atoms with Crippen molar-refractivity contribution >= 4 is 17.8 Å². The average Bonchev–Trinajstić information content (AvgIpc) is 3.13. The van der Waals surface area contributed by atoms with Gasteiger partial charge in [0.05, 0.1) is 25.9 Å². The first kappa shape index (κ1) is 17.6. The molecule has 1 atom stereocenters. The number of ether oxygens (including phenoxy) is 2. The molecule has 1 unspecified atom stereocenters. The molecule has 2 heterocycles. The molecule has 1 fully saturated rings. The maximum atomic E-state index is 12.8. The molecule has 2 amide bonds. The van der Waals surface area contributed by atoms with Crippen molar-refractivity contribution in [3.8, 4) is 5.69 Å². The van der Waals surface area contributed by atoms with Gasteiger partial charge in [-0.25, -0.2) is 9.48 Å². The van der Waals surface area contributed by atoms with Crippen LogP contribution in [0.2, 0.25) is 0 Å². The fraction of sp³-hybridized carbons (Fsp3) is 0.294. The number of morpholine rings is 1. The van der Waals surface area contributed by atoms with E-state index in [-0.39, 0.29) is 24.5 Å². The Morgan fingerprint density at radius 3 is 2.65 bits per heavy atom. The molecule has 0 bridgehead atoms. The Balaban J connectivity index is 1.88. The molecule has 1 aromatic heterocycles. The van der Waals surface area contributed by atoms with Crippen LogP contribution in [0.1, 0.15) is 21.0 Å². The summed E-state index contributed by atoms with van der Waals surface area (Å²) in [6, 6.07) is 10.2. The first-order valence-corrected chi connectivity index (χ1v) is 7.95. The monoisotopic (exact) mass is 358 g/mol. The van der Waals surface area contributed by atoms with E-state index in [0.717, 1.165) is 0 Å². The van der Waals surface area contributed by atoms with E-state index in [9.17, 15) is 14.4 Å². The first-order valence-electron chi connectivity index (χ1n) is 7.95. The molecule has 0 aliphatic carbocycles. The smallest absolute Gasteiger partial charge is 0.336 e. The van der Waals surface area contributed by atoms with Gasteiger partial charge in [-0.2, -0.15) is 5.10 Å². The van der Waals surface area contributed by atoms with Gasteiger partial charge in [-0.3, -0.25) is 9.59 Å². The van der Waals surface area contributed by atoms with E-state index in [1.807, 2.05) is 6.07 Å². The summed E-state index contributed by atoms with van der Waals surface area (Å²) in [5.74, 6) is -1.66. The number of hydrogen-bond donors (Lipinski definition) is 1. The summed E-state index contributed by atoms with van der Waals surface area (Å²) < 4.78 is 11.3. The van der Waals surface area contributed by atoms with Crippen molar-refractivity contribution in [3.63, 3.8) is 0 Å². The molecule has 26 heavy (non-hydrogen) atoms. The van der Waals surface area contributed by atoms with Gasteiger partial charge in [-0.15, -0.1) is 0 Å². The maximum Gasteiger partial charge on any atom is 0.336 e. The minimum atomic E-state index is -0.843. The number of carbonyl (C=O) groups is 3. The van der Waals surface area contributed by atoms with Crippen LogP contribution >= 0.6 is 0 Å². The van der Waals surface area contributed by atoms with Gasteiger partial charge >= 0.3 is 5.97 Å². The summed E-state index contributed by atoms with van der Waals surface area (Å²) in [4.78, 5) is 37.6. The third-order valence-electron chi connectivity index (χ3n) is 4.00. The summed E-state index contributed by atoms with van der Waals surface area (Å²) in [6.45, 7) is 0.555. The van der Waals surface area contributed by atoms with Crippen molar-refractivity contribution in [2.24, 2.45) is 5.73 Å². The van der Waals surface area contributed by atoms with Crippen molar-refractivity contribution in [1.29, 1.82) is 0 Å². The summed E-state index contributed by atoms with van der Waals surface area (Å²) in [6.07, 6.45) is -0.843. The largest absolute Gasteiger partial charge is 0.467 e. The third kappa shape index (κ3) is 3.42. The molecule has 3 rings (SSSR count). The zero-order valence-electron chi connectivity index (χ0n) is 14.1. The van der Waals surface area contributed by atoms with Gasteiger partial charge in [0.1, 0.15) is 5.69 Å². The zero-order chi connectivity index (χ0) is 18.7. The normalized spacial score (nSPS) is 17.0. The van der Waals surface area contributed by atoms with Crippen LogP contribution in [0.25, 0.3) is 5.69 Å². The van der Waals surface area contributed by atoms with E-state index in [0.29, 0.717) is 12.2 Å². The Bertz CT molecular complexity index is 833. The van der Waals surface area contributed by atoms with Crippen molar-refractivity contribution in [2.45, 2.75) is 6.10 Å². The number of nitrogens with zero attached hydrogens (tertiary/aromatic N) is 3. The van der Waals surface area contributed by atoms with Crippen LogP contribution in [-0.2, 0) is 14.3 Å². The lowest BCUT2D eigenvalue weighted by Gasteiger charge is -2.30. The molecule has 136 valence electrons. The highest BCUT2D eigenvalue weighted by atomic mass is 16.6. The molecule has 1 aromatic carbocycles.